The number of rotatable bonds is 4. The zero-order valence-corrected chi connectivity index (χ0v) is 13.2. The molecule has 0 aromatic carbocycles. The second-order valence-electron chi connectivity index (χ2n) is 7.04. The normalized spacial score (nSPS) is 37.2. The van der Waals surface area contributed by atoms with Gasteiger partial charge in [-0.05, 0) is 45.2 Å². The van der Waals surface area contributed by atoms with Crippen molar-refractivity contribution in [3.8, 4) is 0 Å². The minimum absolute atomic E-state index is 0.309. The van der Waals surface area contributed by atoms with Crippen molar-refractivity contribution in [1.29, 1.82) is 0 Å². The quantitative estimate of drug-likeness (QED) is 0.832. The van der Waals surface area contributed by atoms with Gasteiger partial charge < -0.3 is 15.5 Å². The SMILES string of the molecule is CCCN1CCN(C2(CN)CCN3CCCC3C2)CC1. The second-order valence-corrected chi connectivity index (χ2v) is 7.04. The lowest BCUT2D eigenvalue weighted by molar-refractivity contribution is -0.0174. The minimum Gasteiger partial charge on any atom is -0.329 e. The van der Waals surface area contributed by atoms with Gasteiger partial charge in [-0.25, -0.2) is 0 Å². The molecular formula is C16H32N4. The molecule has 4 nitrogen and oxygen atoms in total. The lowest BCUT2D eigenvalue weighted by Gasteiger charge is -2.52. The van der Waals surface area contributed by atoms with Gasteiger partial charge in [0.1, 0.15) is 0 Å². The van der Waals surface area contributed by atoms with Crippen molar-refractivity contribution in [2.45, 2.75) is 50.6 Å². The van der Waals surface area contributed by atoms with Crippen LogP contribution in [-0.4, -0.2) is 78.6 Å². The summed E-state index contributed by atoms with van der Waals surface area (Å²) in [5.74, 6) is 0. The third-order valence-electron chi connectivity index (χ3n) is 5.94. The van der Waals surface area contributed by atoms with Gasteiger partial charge in [0, 0.05) is 50.8 Å². The molecule has 0 spiro atoms. The fourth-order valence-corrected chi connectivity index (χ4v) is 4.68. The minimum atomic E-state index is 0.309. The number of nitrogens with two attached hydrogens (primary N) is 1. The highest BCUT2D eigenvalue weighted by molar-refractivity contribution is 5.02. The molecular weight excluding hydrogens is 248 g/mol. The molecule has 3 heterocycles. The van der Waals surface area contributed by atoms with E-state index in [4.69, 9.17) is 5.73 Å². The van der Waals surface area contributed by atoms with Crippen LogP contribution in [0.4, 0.5) is 0 Å². The smallest absolute Gasteiger partial charge is 0.0359 e. The number of fused-ring (bicyclic) bond motifs is 1. The van der Waals surface area contributed by atoms with Crippen molar-refractivity contribution < 1.29 is 0 Å². The van der Waals surface area contributed by atoms with Crippen LogP contribution < -0.4 is 5.73 Å². The Hall–Kier alpha value is -0.160. The average Bonchev–Trinajstić information content (AvgIpc) is 2.95. The third-order valence-corrected chi connectivity index (χ3v) is 5.94. The first kappa shape index (κ1) is 14.8. The zero-order chi connectivity index (χ0) is 14.0. The van der Waals surface area contributed by atoms with Gasteiger partial charge in [0.25, 0.3) is 0 Å². The van der Waals surface area contributed by atoms with E-state index in [1.807, 2.05) is 0 Å². The average molecular weight is 280 g/mol. The third kappa shape index (κ3) is 2.76. The molecule has 0 aromatic heterocycles. The van der Waals surface area contributed by atoms with Crippen molar-refractivity contribution in [2.75, 3.05) is 52.4 Å². The Morgan fingerprint density at radius 2 is 1.90 bits per heavy atom. The lowest BCUT2D eigenvalue weighted by Crippen LogP contribution is -2.64. The Bertz CT molecular complexity index is 314. The summed E-state index contributed by atoms with van der Waals surface area (Å²) in [7, 11) is 0. The van der Waals surface area contributed by atoms with Crippen LogP contribution in [0.1, 0.15) is 39.0 Å². The topological polar surface area (TPSA) is 35.7 Å². The molecule has 4 heteroatoms. The highest BCUT2D eigenvalue weighted by Crippen LogP contribution is 2.36. The summed E-state index contributed by atoms with van der Waals surface area (Å²) < 4.78 is 0. The van der Waals surface area contributed by atoms with E-state index < -0.39 is 0 Å². The van der Waals surface area contributed by atoms with E-state index in [0.29, 0.717) is 5.54 Å². The van der Waals surface area contributed by atoms with Crippen molar-refractivity contribution in [3.05, 3.63) is 0 Å². The molecule has 3 fully saturated rings. The van der Waals surface area contributed by atoms with Gasteiger partial charge in [-0.15, -0.1) is 0 Å². The van der Waals surface area contributed by atoms with E-state index in [2.05, 4.69) is 21.6 Å². The van der Waals surface area contributed by atoms with Gasteiger partial charge in [0.15, 0.2) is 0 Å². The molecule has 3 aliphatic rings. The summed E-state index contributed by atoms with van der Waals surface area (Å²) in [6.07, 6.45) is 6.68. The Balaban J connectivity index is 1.61. The highest BCUT2D eigenvalue weighted by Gasteiger charge is 2.44. The molecule has 0 aromatic rings. The maximum Gasteiger partial charge on any atom is 0.0359 e. The first-order valence-electron chi connectivity index (χ1n) is 8.69. The van der Waals surface area contributed by atoms with Crippen molar-refractivity contribution in [2.24, 2.45) is 5.73 Å². The molecule has 116 valence electrons. The first-order chi connectivity index (χ1) is 9.77. The molecule has 3 saturated heterocycles. The van der Waals surface area contributed by atoms with Gasteiger partial charge >= 0.3 is 0 Å². The summed E-state index contributed by atoms with van der Waals surface area (Å²) in [5.41, 5.74) is 6.58. The Morgan fingerprint density at radius 3 is 2.60 bits per heavy atom. The van der Waals surface area contributed by atoms with Crippen LogP contribution in [0, 0.1) is 0 Å². The van der Waals surface area contributed by atoms with E-state index in [1.54, 1.807) is 0 Å². The van der Waals surface area contributed by atoms with Crippen LogP contribution in [0.25, 0.3) is 0 Å². The number of nitrogens with zero attached hydrogens (tertiary/aromatic N) is 3. The van der Waals surface area contributed by atoms with Crippen LogP contribution in [-0.2, 0) is 0 Å². The summed E-state index contributed by atoms with van der Waals surface area (Å²) in [6.45, 7) is 11.9. The Labute approximate surface area is 124 Å². The summed E-state index contributed by atoms with van der Waals surface area (Å²) >= 11 is 0. The zero-order valence-electron chi connectivity index (χ0n) is 13.2. The first-order valence-corrected chi connectivity index (χ1v) is 8.69. The summed E-state index contributed by atoms with van der Waals surface area (Å²) in [6, 6.07) is 0.820. The molecule has 3 aliphatic heterocycles. The van der Waals surface area contributed by atoms with Crippen LogP contribution in [0.5, 0.6) is 0 Å². The number of piperazine rings is 1. The number of hydrogen-bond donors (Lipinski definition) is 1. The molecule has 2 unspecified atom stereocenters. The molecule has 20 heavy (non-hydrogen) atoms. The summed E-state index contributed by atoms with van der Waals surface area (Å²) in [4.78, 5) is 8.07. The number of piperidine rings is 1. The molecule has 0 bridgehead atoms. The fourth-order valence-electron chi connectivity index (χ4n) is 4.68. The molecule has 0 saturated carbocycles. The van der Waals surface area contributed by atoms with E-state index in [-0.39, 0.29) is 0 Å². The van der Waals surface area contributed by atoms with Gasteiger partial charge in [-0.1, -0.05) is 6.92 Å². The van der Waals surface area contributed by atoms with Crippen molar-refractivity contribution in [1.82, 2.24) is 14.7 Å². The highest BCUT2D eigenvalue weighted by atomic mass is 15.3. The predicted octanol–water partition coefficient (Wildman–Crippen LogP) is 0.970. The molecule has 0 amide bonds. The Morgan fingerprint density at radius 1 is 1.10 bits per heavy atom. The standard InChI is InChI=1S/C16H32N4/c1-2-6-18-9-11-20(12-10-18)16(14-17)5-8-19-7-3-4-15(19)13-16/h15H,2-14,17H2,1H3. The van der Waals surface area contributed by atoms with E-state index >= 15 is 0 Å². The summed E-state index contributed by atoms with van der Waals surface area (Å²) in [5, 5.41) is 0. The van der Waals surface area contributed by atoms with E-state index in [0.717, 1.165) is 12.6 Å². The molecule has 2 N–H and O–H groups in total. The largest absolute Gasteiger partial charge is 0.329 e. The van der Waals surface area contributed by atoms with Crippen LogP contribution in [0.3, 0.4) is 0 Å². The monoisotopic (exact) mass is 280 g/mol. The van der Waals surface area contributed by atoms with Gasteiger partial charge in [0.05, 0.1) is 0 Å². The van der Waals surface area contributed by atoms with Gasteiger partial charge in [-0.2, -0.15) is 0 Å². The van der Waals surface area contributed by atoms with Crippen LogP contribution >= 0.6 is 0 Å². The van der Waals surface area contributed by atoms with Crippen LogP contribution in [0.15, 0.2) is 0 Å². The molecule has 0 radical (unpaired) electrons. The second kappa shape index (κ2) is 6.30. The van der Waals surface area contributed by atoms with Crippen molar-refractivity contribution >= 4 is 0 Å². The lowest BCUT2D eigenvalue weighted by atomic mass is 9.81. The van der Waals surface area contributed by atoms with Gasteiger partial charge in [0.2, 0.25) is 0 Å². The molecule has 0 aliphatic carbocycles. The predicted molar refractivity (Wildman–Crippen MR) is 83.9 cm³/mol. The number of hydrogen-bond acceptors (Lipinski definition) is 4. The Kier molecular flexibility index (Phi) is 4.65. The van der Waals surface area contributed by atoms with Crippen LogP contribution in [0.2, 0.25) is 0 Å². The fraction of sp³-hybridized carbons (Fsp3) is 1.00. The molecule has 2 atom stereocenters. The maximum absolute atomic E-state index is 6.27. The van der Waals surface area contributed by atoms with E-state index in [1.165, 1.54) is 77.9 Å². The van der Waals surface area contributed by atoms with Crippen molar-refractivity contribution in [3.63, 3.8) is 0 Å². The molecule has 3 rings (SSSR count). The van der Waals surface area contributed by atoms with E-state index in [9.17, 15) is 0 Å². The maximum atomic E-state index is 6.27. The van der Waals surface area contributed by atoms with Gasteiger partial charge in [-0.3, -0.25) is 4.90 Å².